The summed E-state index contributed by atoms with van der Waals surface area (Å²) >= 11 is 0. The van der Waals surface area contributed by atoms with E-state index in [0.29, 0.717) is 43.8 Å². The summed E-state index contributed by atoms with van der Waals surface area (Å²) in [6, 6.07) is 4.20. The molecule has 0 spiro atoms. The summed E-state index contributed by atoms with van der Waals surface area (Å²) in [4.78, 5) is 15.2. The van der Waals surface area contributed by atoms with E-state index in [1.165, 1.54) is 18.0 Å². The summed E-state index contributed by atoms with van der Waals surface area (Å²) in [5.41, 5.74) is -4.00. The van der Waals surface area contributed by atoms with E-state index in [2.05, 4.69) is 15.4 Å². The van der Waals surface area contributed by atoms with E-state index >= 15 is 0 Å². The predicted octanol–water partition coefficient (Wildman–Crippen LogP) is 7.58. The van der Waals surface area contributed by atoms with Gasteiger partial charge in [-0.15, -0.1) is 5.10 Å². The van der Waals surface area contributed by atoms with Crippen molar-refractivity contribution in [2.24, 2.45) is 18.9 Å². The highest BCUT2D eigenvalue weighted by Gasteiger charge is 2.37. The van der Waals surface area contributed by atoms with Crippen LogP contribution in [0.5, 0.6) is 0 Å². The molecule has 3 aromatic rings. The number of alkyl halides is 9. The molecule has 0 atom stereocenters. The number of aryl methyl sites for hydroxylation is 1. The van der Waals surface area contributed by atoms with Crippen molar-refractivity contribution in [3.8, 4) is 0 Å². The average Bonchev–Trinajstić information content (AvgIpc) is 3.41. The first kappa shape index (κ1) is 35.8. The molecule has 2 aromatic carbocycles. The van der Waals surface area contributed by atoms with E-state index in [0.717, 1.165) is 29.8 Å². The van der Waals surface area contributed by atoms with Crippen LogP contribution in [0.25, 0.3) is 0 Å². The van der Waals surface area contributed by atoms with E-state index in [1.807, 2.05) is 4.90 Å². The van der Waals surface area contributed by atoms with Crippen LogP contribution in [0.1, 0.15) is 66.8 Å². The molecule has 0 amide bonds. The predicted molar refractivity (Wildman–Crippen MR) is 152 cm³/mol. The number of rotatable bonds is 11. The van der Waals surface area contributed by atoms with E-state index in [4.69, 9.17) is 5.11 Å². The standard InChI is InChI=1S/C30H33F9N6O2/c1-3-44(15-19-6-4-18(5-7-19)12-26(46)47)25-9-8-22(28(31,32)33)13-21(25)17-45(27-40-42-43(2)41-27)16-20-10-23(29(34,35)36)14-24(11-20)30(37,38)39/h8-11,13-14,18-19H,3-7,12,15-17H2,1-2H3,(H,46,47)/t18-,19-. The molecule has 4 rings (SSSR count). The number of halogens is 9. The Hall–Kier alpha value is -4.05. The first-order valence-electron chi connectivity index (χ1n) is 14.8. The van der Waals surface area contributed by atoms with Crippen molar-refractivity contribution in [1.82, 2.24) is 20.2 Å². The molecule has 1 aliphatic rings. The number of benzene rings is 2. The van der Waals surface area contributed by atoms with Gasteiger partial charge in [-0.2, -0.15) is 44.3 Å². The third kappa shape index (κ3) is 9.50. The smallest absolute Gasteiger partial charge is 0.416 e. The highest BCUT2D eigenvalue weighted by molar-refractivity contribution is 5.67. The number of hydrogen-bond acceptors (Lipinski definition) is 6. The van der Waals surface area contributed by atoms with Crippen molar-refractivity contribution in [2.45, 2.75) is 70.6 Å². The van der Waals surface area contributed by atoms with E-state index in [-0.39, 0.29) is 35.8 Å². The maximum absolute atomic E-state index is 13.9. The Balaban J connectivity index is 1.72. The van der Waals surface area contributed by atoms with Crippen LogP contribution < -0.4 is 9.80 Å². The summed E-state index contributed by atoms with van der Waals surface area (Å²) in [6.07, 6.45) is -12.1. The lowest BCUT2D eigenvalue weighted by Gasteiger charge is -2.35. The van der Waals surface area contributed by atoms with Crippen molar-refractivity contribution in [2.75, 3.05) is 22.9 Å². The number of nitrogens with zero attached hydrogens (tertiary/aromatic N) is 6. The van der Waals surface area contributed by atoms with Crippen molar-refractivity contribution in [3.05, 3.63) is 64.2 Å². The van der Waals surface area contributed by atoms with Gasteiger partial charge < -0.3 is 14.9 Å². The van der Waals surface area contributed by atoms with Gasteiger partial charge in [0, 0.05) is 38.3 Å². The number of carboxylic acids is 1. The fourth-order valence-electron chi connectivity index (χ4n) is 5.91. The largest absolute Gasteiger partial charge is 0.481 e. The zero-order valence-corrected chi connectivity index (χ0v) is 25.4. The number of aromatic nitrogens is 4. The number of aliphatic carboxylic acids is 1. The molecule has 1 fully saturated rings. The minimum absolute atomic E-state index is 0.00636. The van der Waals surface area contributed by atoms with Crippen molar-refractivity contribution in [1.29, 1.82) is 0 Å². The van der Waals surface area contributed by atoms with Gasteiger partial charge in [-0.1, -0.05) is 5.10 Å². The van der Waals surface area contributed by atoms with Crippen LogP contribution in [-0.2, 0) is 43.5 Å². The highest BCUT2D eigenvalue weighted by Crippen LogP contribution is 2.39. The molecule has 17 heteroatoms. The third-order valence-electron chi connectivity index (χ3n) is 8.20. The number of carboxylic acid groups (broad SMARTS) is 1. The van der Waals surface area contributed by atoms with Gasteiger partial charge in [0.2, 0.25) is 0 Å². The van der Waals surface area contributed by atoms with Crippen LogP contribution in [0.3, 0.4) is 0 Å². The molecule has 0 aliphatic heterocycles. The Labute approximate surface area is 264 Å². The molecule has 0 radical (unpaired) electrons. The summed E-state index contributed by atoms with van der Waals surface area (Å²) in [6.45, 7) is 1.60. The van der Waals surface area contributed by atoms with Gasteiger partial charge in [-0.05, 0) is 97.2 Å². The van der Waals surface area contributed by atoms with Gasteiger partial charge in [-0.3, -0.25) is 4.79 Å². The first-order valence-corrected chi connectivity index (χ1v) is 14.8. The van der Waals surface area contributed by atoms with Crippen LogP contribution >= 0.6 is 0 Å². The molecule has 1 aliphatic carbocycles. The van der Waals surface area contributed by atoms with Crippen LogP contribution in [0.4, 0.5) is 51.1 Å². The molecular weight excluding hydrogens is 647 g/mol. The minimum atomic E-state index is -5.10. The maximum atomic E-state index is 13.9. The Bertz CT molecular complexity index is 1500. The lowest BCUT2D eigenvalue weighted by Crippen LogP contribution is -2.33. The van der Waals surface area contributed by atoms with Gasteiger partial charge in [0.15, 0.2) is 0 Å². The van der Waals surface area contributed by atoms with E-state index in [9.17, 15) is 44.3 Å². The molecule has 0 saturated heterocycles. The van der Waals surface area contributed by atoms with Crippen molar-refractivity contribution < 1.29 is 49.4 Å². The number of hydrogen-bond donors (Lipinski definition) is 1. The fourth-order valence-corrected chi connectivity index (χ4v) is 5.91. The molecule has 1 saturated carbocycles. The Morgan fingerprint density at radius 3 is 1.89 bits per heavy atom. The monoisotopic (exact) mass is 680 g/mol. The molecule has 8 nitrogen and oxygen atoms in total. The molecule has 0 bridgehead atoms. The second-order valence-corrected chi connectivity index (χ2v) is 11.7. The summed E-state index contributed by atoms with van der Waals surface area (Å²) in [5, 5.41) is 20.7. The van der Waals surface area contributed by atoms with Gasteiger partial charge in [-0.25, -0.2) is 0 Å². The van der Waals surface area contributed by atoms with Crippen molar-refractivity contribution >= 4 is 17.6 Å². The van der Waals surface area contributed by atoms with E-state index < -0.39 is 59.8 Å². The normalized spacial score (nSPS) is 17.5. The van der Waals surface area contributed by atoms with Gasteiger partial charge in [0.05, 0.1) is 23.7 Å². The Morgan fingerprint density at radius 1 is 0.830 bits per heavy atom. The molecule has 258 valence electrons. The Kier molecular flexibility index (Phi) is 10.6. The molecule has 1 heterocycles. The fraction of sp³-hybridized carbons (Fsp3) is 0.533. The molecular formula is C30H33F9N6O2. The SMILES string of the molecule is CCN(C[C@H]1CC[C@H](CC(=O)O)CC1)c1ccc(C(F)(F)F)cc1CN(Cc1cc(C(F)(F)F)cc(C(F)(F)F)c1)c1nnn(C)n1. The number of anilines is 2. The lowest BCUT2D eigenvalue weighted by atomic mass is 9.80. The summed E-state index contributed by atoms with van der Waals surface area (Å²) in [7, 11) is 1.38. The zero-order chi connectivity index (χ0) is 34.7. The molecule has 47 heavy (non-hydrogen) atoms. The van der Waals surface area contributed by atoms with Crippen LogP contribution in [0, 0.1) is 11.8 Å². The Morgan fingerprint density at radius 2 is 1.40 bits per heavy atom. The van der Waals surface area contributed by atoms with Gasteiger partial charge in [0.25, 0.3) is 5.95 Å². The summed E-state index contributed by atoms with van der Waals surface area (Å²) in [5.74, 6) is -0.928. The number of tetrazole rings is 1. The zero-order valence-electron chi connectivity index (χ0n) is 25.4. The quantitative estimate of drug-likeness (QED) is 0.209. The van der Waals surface area contributed by atoms with Crippen LogP contribution in [-0.4, -0.2) is 44.4 Å². The van der Waals surface area contributed by atoms with Crippen molar-refractivity contribution in [3.63, 3.8) is 0 Å². The van der Waals surface area contributed by atoms with Gasteiger partial charge in [0.1, 0.15) is 0 Å². The molecule has 1 aromatic heterocycles. The topological polar surface area (TPSA) is 87.4 Å². The molecule has 1 N–H and O–H groups in total. The van der Waals surface area contributed by atoms with Gasteiger partial charge >= 0.3 is 24.5 Å². The van der Waals surface area contributed by atoms with E-state index in [1.54, 1.807) is 6.92 Å². The third-order valence-corrected chi connectivity index (χ3v) is 8.20. The molecule has 0 unspecified atom stereocenters. The van der Waals surface area contributed by atoms with Crippen LogP contribution in [0.15, 0.2) is 36.4 Å². The number of carbonyl (C=O) groups is 1. The van der Waals surface area contributed by atoms with Crippen LogP contribution in [0.2, 0.25) is 0 Å². The second kappa shape index (κ2) is 14.0. The maximum Gasteiger partial charge on any atom is 0.416 e. The highest BCUT2D eigenvalue weighted by atomic mass is 19.4. The minimum Gasteiger partial charge on any atom is -0.481 e. The average molecular weight is 681 g/mol. The first-order chi connectivity index (χ1) is 21.8. The lowest BCUT2D eigenvalue weighted by molar-refractivity contribution is -0.143. The second-order valence-electron chi connectivity index (χ2n) is 11.7. The summed E-state index contributed by atoms with van der Waals surface area (Å²) < 4.78 is 123.